The van der Waals surface area contributed by atoms with E-state index >= 15 is 0 Å². The topological polar surface area (TPSA) is 72.4 Å². The van der Waals surface area contributed by atoms with Crippen molar-refractivity contribution in [2.75, 3.05) is 6.54 Å². The van der Waals surface area contributed by atoms with Crippen molar-refractivity contribution in [2.24, 2.45) is 17.4 Å². The molecule has 14 heavy (non-hydrogen) atoms. The minimum absolute atomic E-state index is 0.0421. The molecule has 0 aromatic carbocycles. The smallest absolute Gasteiger partial charge is 0.240 e. The molecule has 4 N–H and O–H groups in total. The van der Waals surface area contributed by atoms with Crippen LogP contribution in [0.2, 0.25) is 0 Å². The van der Waals surface area contributed by atoms with Crippen LogP contribution in [0.5, 0.6) is 0 Å². The molecule has 4 nitrogen and oxygen atoms in total. The number of carbonyl (C=O) groups excluding carboxylic acids is 1. The first-order valence-corrected chi connectivity index (χ1v) is 5.26. The predicted molar refractivity (Wildman–Crippen MR) is 56.6 cm³/mol. The second-order valence-electron chi connectivity index (χ2n) is 4.49. The van der Waals surface area contributed by atoms with Gasteiger partial charge in [-0.3, -0.25) is 4.79 Å². The zero-order valence-corrected chi connectivity index (χ0v) is 9.23. The Morgan fingerprint density at radius 1 is 1.50 bits per heavy atom. The fraction of sp³-hybridized carbons (Fsp3) is 0.900. The Hall–Kier alpha value is -0.610. The van der Waals surface area contributed by atoms with E-state index < -0.39 is 0 Å². The number of hydrogen-bond donors (Lipinski definition) is 2. The molecule has 3 unspecified atom stereocenters. The molecule has 1 aliphatic rings. The third-order valence-corrected chi connectivity index (χ3v) is 3.10. The van der Waals surface area contributed by atoms with Crippen LogP contribution < -0.4 is 11.5 Å². The summed E-state index contributed by atoms with van der Waals surface area (Å²) < 4.78 is 0. The van der Waals surface area contributed by atoms with Gasteiger partial charge in [0.25, 0.3) is 0 Å². The number of nitrogens with two attached hydrogens (primary N) is 2. The second-order valence-corrected chi connectivity index (χ2v) is 4.49. The fourth-order valence-electron chi connectivity index (χ4n) is 1.75. The molecule has 0 aliphatic carbocycles. The van der Waals surface area contributed by atoms with Gasteiger partial charge >= 0.3 is 0 Å². The van der Waals surface area contributed by atoms with Gasteiger partial charge in [0.05, 0.1) is 6.04 Å². The number of nitrogens with zero attached hydrogens (tertiary/aromatic N) is 1. The average Bonchev–Trinajstić information content (AvgIpc) is 2.45. The van der Waals surface area contributed by atoms with Crippen molar-refractivity contribution < 1.29 is 4.79 Å². The van der Waals surface area contributed by atoms with Crippen LogP contribution in [0.3, 0.4) is 0 Å². The molecule has 3 atom stereocenters. The summed E-state index contributed by atoms with van der Waals surface area (Å²) in [7, 11) is 0. The van der Waals surface area contributed by atoms with Crippen LogP contribution in [-0.2, 0) is 4.79 Å². The molecule has 1 saturated heterocycles. The molecular formula is C10H21N3O. The maximum atomic E-state index is 11.9. The lowest BCUT2D eigenvalue weighted by molar-refractivity contribution is -0.134. The Morgan fingerprint density at radius 2 is 2.07 bits per heavy atom. The van der Waals surface area contributed by atoms with Crippen molar-refractivity contribution in [1.29, 1.82) is 0 Å². The van der Waals surface area contributed by atoms with Crippen LogP contribution in [0.25, 0.3) is 0 Å². The first kappa shape index (κ1) is 11.5. The van der Waals surface area contributed by atoms with E-state index in [1.54, 1.807) is 0 Å². The highest BCUT2D eigenvalue weighted by Crippen LogP contribution is 2.17. The van der Waals surface area contributed by atoms with Crippen molar-refractivity contribution >= 4 is 5.91 Å². The molecule has 0 radical (unpaired) electrons. The SMILES string of the molecule is CC(C)C(N)C(=O)N1CCC(N)C1C. The Bertz CT molecular complexity index is 217. The van der Waals surface area contributed by atoms with E-state index in [1.807, 2.05) is 25.7 Å². The van der Waals surface area contributed by atoms with Crippen molar-refractivity contribution in [3.8, 4) is 0 Å². The van der Waals surface area contributed by atoms with Gasteiger partial charge in [0.15, 0.2) is 0 Å². The minimum atomic E-state index is -0.386. The van der Waals surface area contributed by atoms with E-state index in [1.165, 1.54) is 0 Å². The Morgan fingerprint density at radius 3 is 2.43 bits per heavy atom. The van der Waals surface area contributed by atoms with E-state index in [-0.39, 0.29) is 30.0 Å². The summed E-state index contributed by atoms with van der Waals surface area (Å²) in [5.41, 5.74) is 11.7. The maximum Gasteiger partial charge on any atom is 0.240 e. The monoisotopic (exact) mass is 199 g/mol. The van der Waals surface area contributed by atoms with Crippen LogP contribution >= 0.6 is 0 Å². The number of likely N-dealkylation sites (tertiary alicyclic amines) is 1. The lowest BCUT2D eigenvalue weighted by Gasteiger charge is -2.27. The summed E-state index contributed by atoms with van der Waals surface area (Å²) in [6.07, 6.45) is 0.887. The maximum absolute atomic E-state index is 11.9. The Kier molecular flexibility index (Phi) is 3.50. The Balaban J connectivity index is 2.62. The minimum Gasteiger partial charge on any atom is -0.337 e. The highest BCUT2D eigenvalue weighted by atomic mass is 16.2. The molecular weight excluding hydrogens is 178 g/mol. The molecule has 1 heterocycles. The molecule has 1 amide bonds. The summed E-state index contributed by atoms with van der Waals surface area (Å²) in [6.45, 7) is 6.66. The molecule has 0 saturated carbocycles. The summed E-state index contributed by atoms with van der Waals surface area (Å²) in [5, 5.41) is 0. The van der Waals surface area contributed by atoms with Gasteiger partial charge in [-0.2, -0.15) is 0 Å². The second kappa shape index (κ2) is 4.28. The molecule has 82 valence electrons. The largest absolute Gasteiger partial charge is 0.337 e. The summed E-state index contributed by atoms with van der Waals surface area (Å²) in [6, 6.07) is -0.145. The van der Waals surface area contributed by atoms with Gasteiger partial charge in [-0.05, 0) is 19.3 Å². The molecule has 0 bridgehead atoms. The molecule has 1 fully saturated rings. The van der Waals surface area contributed by atoms with E-state index in [0.29, 0.717) is 0 Å². The van der Waals surface area contributed by atoms with Crippen LogP contribution in [0.1, 0.15) is 27.2 Å². The molecule has 0 spiro atoms. The number of carbonyl (C=O) groups is 1. The summed E-state index contributed by atoms with van der Waals surface area (Å²) in [5.74, 6) is 0.229. The first-order chi connectivity index (χ1) is 6.45. The zero-order chi connectivity index (χ0) is 10.9. The standard InChI is InChI=1S/C10H21N3O/c1-6(2)9(12)10(14)13-5-4-8(11)7(13)3/h6-9H,4-5,11-12H2,1-3H3. The van der Waals surface area contributed by atoms with Crippen LogP contribution in [0, 0.1) is 5.92 Å². The number of amides is 1. The normalized spacial score (nSPS) is 29.7. The van der Waals surface area contributed by atoms with Gasteiger partial charge in [0, 0.05) is 18.6 Å². The summed E-state index contributed by atoms with van der Waals surface area (Å²) in [4.78, 5) is 13.7. The van der Waals surface area contributed by atoms with Crippen molar-refractivity contribution in [3.63, 3.8) is 0 Å². The highest BCUT2D eigenvalue weighted by Gasteiger charge is 2.34. The Labute approximate surface area is 85.6 Å². The molecule has 0 aromatic heterocycles. The lowest BCUT2D eigenvalue weighted by atomic mass is 10.0. The fourth-order valence-corrected chi connectivity index (χ4v) is 1.75. The van der Waals surface area contributed by atoms with Gasteiger partial charge in [-0.25, -0.2) is 0 Å². The van der Waals surface area contributed by atoms with Crippen molar-refractivity contribution in [3.05, 3.63) is 0 Å². The van der Waals surface area contributed by atoms with Crippen LogP contribution in [-0.4, -0.2) is 35.5 Å². The van der Waals surface area contributed by atoms with Gasteiger partial charge in [0.1, 0.15) is 0 Å². The average molecular weight is 199 g/mol. The first-order valence-electron chi connectivity index (χ1n) is 5.26. The van der Waals surface area contributed by atoms with Crippen molar-refractivity contribution in [2.45, 2.75) is 45.3 Å². The van der Waals surface area contributed by atoms with Crippen LogP contribution in [0.15, 0.2) is 0 Å². The third kappa shape index (κ3) is 2.07. The zero-order valence-electron chi connectivity index (χ0n) is 9.23. The molecule has 1 aliphatic heterocycles. The summed E-state index contributed by atoms with van der Waals surface area (Å²) >= 11 is 0. The molecule has 4 heteroatoms. The lowest BCUT2D eigenvalue weighted by Crippen LogP contribution is -2.49. The van der Waals surface area contributed by atoms with Gasteiger partial charge in [-0.15, -0.1) is 0 Å². The quantitative estimate of drug-likeness (QED) is 0.653. The van der Waals surface area contributed by atoms with E-state index in [4.69, 9.17) is 11.5 Å². The number of rotatable bonds is 2. The third-order valence-electron chi connectivity index (χ3n) is 3.10. The van der Waals surface area contributed by atoms with E-state index in [2.05, 4.69) is 0 Å². The van der Waals surface area contributed by atoms with Crippen LogP contribution in [0.4, 0.5) is 0 Å². The van der Waals surface area contributed by atoms with Gasteiger partial charge in [0.2, 0.25) is 5.91 Å². The molecule has 1 rings (SSSR count). The van der Waals surface area contributed by atoms with Gasteiger partial charge < -0.3 is 16.4 Å². The number of hydrogen-bond acceptors (Lipinski definition) is 3. The van der Waals surface area contributed by atoms with E-state index in [0.717, 1.165) is 13.0 Å². The van der Waals surface area contributed by atoms with Gasteiger partial charge in [-0.1, -0.05) is 13.8 Å². The molecule has 0 aromatic rings. The predicted octanol–water partition coefficient (Wildman–Crippen LogP) is -0.0822. The highest BCUT2D eigenvalue weighted by molar-refractivity contribution is 5.82. The van der Waals surface area contributed by atoms with E-state index in [9.17, 15) is 4.79 Å². The van der Waals surface area contributed by atoms with Crippen molar-refractivity contribution in [1.82, 2.24) is 4.90 Å².